The molecule has 0 saturated heterocycles. The molecule has 0 aromatic heterocycles. The van der Waals surface area contributed by atoms with Crippen LogP contribution in [0.4, 0.5) is 0 Å². The molecule has 0 aliphatic carbocycles. The first-order chi connectivity index (χ1) is 6.02. The Morgan fingerprint density at radius 2 is 1.92 bits per heavy atom. The summed E-state index contributed by atoms with van der Waals surface area (Å²) in [6, 6.07) is 5.11. The second-order valence-electron chi connectivity index (χ2n) is 2.80. The molecule has 0 spiro atoms. The Morgan fingerprint density at radius 3 is 2.38 bits per heavy atom. The fourth-order valence-electron chi connectivity index (χ4n) is 0.962. The molecule has 0 amide bonds. The van der Waals surface area contributed by atoms with Gasteiger partial charge in [0.05, 0.1) is 16.1 Å². The van der Waals surface area contributed by atoms with E-state index in [0.717, 1.165) is 5.56 Å². The van der Waals surface area contributed by atoms with Crippen LogP contribution in [0.3, 0.4) is 0 Å². The van der Waals surface area contributed by atoms with Crippen molar-refractivity contribution in [3.63, 3.8) is 0 Å². The van der Waals surface area contributed by atoms with Gasteiger partial charge in [-0.25, -0.2) is 0 Å². The van der Waals surface area contributed by atoms with Crippen molar-refractivity contribution in [1.29, 1.82) is 0 Å². The van der Waals surface area contributed by atoms with Crippen molar-refractivity contribution < 1.29 is 5.11 Å². The average Bonchev–Trinajstić information content (AvgIpc) is 2.08. The third-order valence-electron chi connectivity index (χ3n) is 1.72. The van der Waals surface area contributed by atoms with E-state index in [1.54, 1.807) is 18.2 Å². The molecule has 72 valence electrons. The fraction of sp³-hybridized carbons (Fsp3) is 0.333. The molecule has 0 aliphatic heterocycles. The first-order valence-electron chi connectivity index (χ1n) is 3.79. The van der Waals surface area contributed by atoms with Gasteiger partial charge in [-0.05, 0) is 24.6 Å². The van der Waals surface area contributed by atoms with Gasteiger partial charge in [0.2, 0.25) is 0 Å². The van der Waals surface area contributed by atoms with Gasteiger partial charge in [-0.15, -0.1) is 0 Å². The first kappa shape index (κ1) is 11.3. The minimum Gasteiger partial charge on any atom is -0.387 e. The second kappa shape index (κ2) is 4.65. The van der Waals surface area contributed by atoms with Crippen molar-refractivity contribution in [1.82, 2.24) is 0 Å². The molecule has 1 N–H and O–H groups in total. The summed E-state index contributed by atoms with van der Waals surface area (Å²) in [5.41, 5.74) is 0.763. The van der Waals surface area contributed by atoms with Gasteiger partial charge in [-0.2, -0.15) is 0 Å². The molecule has 1 rings (SSSR count). The summed E-state index contributed by atoms with van der Waals surface area (Å²) in [6.07, 6.45) is -0.560. The van der Waals surface area contributed by atoms with Crippen molar-refractivity contribution in [3.8, 4) is 0 Å². The molecule has 0 fully saturated rings. The quantitative estimate of drug-likeness (QED) is 0.819. The zero-order valence-electron chi connectivity index (χ0n) is 6.97. The Hall–Kier alpha value is 0.240. The van der Waals surface area contributed by atoms with Gasteiger partial charge in [0.1, 0.15) is 0 Å². The lowest BCUT2D eigenvalue weighted by Crippen LogP contribution is -2.07. The van der Waals surface area contributed by atoms with E-state index < -0.39 is 6.10 Å². The van der Waals surface area contributed by atoms with E-state index in [-0.39, 0.29) is 4.83 Å². The van der Waals surface area contributed by atoms with Crippen LogP contribution >= 0.6 is 39.1 Å². The van der Waals surface area contributed by atoms with Crippen LogP contribution in [-0.2, 0) is 0 Å². The summed E-state index contributed by atoms with van der Waals surface area (Å²) in [5, 5.41) is 10.6. The fourth-order valence-corrected chi connectivity index (χ4v) is 1.57. The molecule has 1 aromatic carbocycles. The van der Waals surface area contributed by atoms with E-state index in [1.165, 1.54) is 0 Å². The summed E-state index contributed by atoms with van der Waals surface area (Å²) >= 11 is 14.8. The lowest BCUT2D eigenvalue weighted by atomic mass is 10.1. The van der Waals surface area contributed by atoms with E-state index in [1.807, 2.05) is 6.92 Å². The highest BCUT2D eigenvalue weighted by Crippen LogP contribution is 2.28. The summed E-state index contributed by atoms with van der Waals surface area (Å²) in [7, 11) is 0. The van der Waals surface area contributed by atoms with E-state index in [4.69, 9.17) is 23.2 Å². The summed E-state index contributed by atoms with van der Waals surface area (Å²) in [5.74, 6) is 0. The summed E-state index contributed by atoms with van der Waals surface area (Å²) in [6.45, 7) is 1.87. The summed E-state index contributed by atoms with van der Waals surface area (Å²) < 4.78 is 0. The molecule has 0 aliphatic rings. The monoisotopic (exact) mass is 282 g/mol. The van der Waals surface area contributed by atoms with Crippen LogP contribution < -0.4 is 0 Å². The maximum Gasteiger partial charge on any atom is 0.0912 e. The minimum absolute atomic E-state index is 0.00950. The highest BCUT2D eigenvalue weighted by atomic mass is 79.9. The number of hydrogen-bond donors (Lipinski definition) is 1. The number of aliphatic hydroxyl groups excluding tert-OH is 1. The number of hydrogen-bond acceptors (Lipinski definition) is 1. The van der Waals surface area contributed by atoms with E-state index in [0.29, 0.717) is 10.0 Å². The van der Waals surface area contributed by atoms with Crippen LogP contribution in [0.5, 0.6) is 0 Å². The number of rotatable bonds is 2. The number of benzene rings is 1. The molecule has 0 bridgehead atoms. The van der Waals surface area contributed by atoms with Crippen LogP contribution in [0, 0.1) is 0 Å². The predicted octanol–water partition coefficient (Wildman–Crippen LogP) is 3.81. The number of aliphatic hydroxyl groups is 1. The van der Waals surface area contributed by atoms with E-state index >= 15 is 0 Å². The van der Waals surface area contributed by atoms with Crippen LogP contribution in [0.1, 0.15) is 18.6 Å². The van der Waals surface area contributed by atoms with Gasteiger partial charge < -0.3 is 5.11 Å². The van der Waals surface area contributed by atoms with Crippen molar-refractivity contribution in [3.05, 3.63) is 33.8 Å². The largest absolute Gasteiger partial charge is 0.387 e. The zero-order valence-corrected chi connectivity index (χ0v) is 10.1. The van der Waals surface area contributed by atoms with Gasteiger partial charge in [-0.1, -0.05) is 45.2 Å². The van der Waals surface area contributed by atoms with Crippen molar-refractivity contribution in [2.24, 2.45) is 0 Å². The van der Waals surface area contributed by atoms with Crippen molar-refractivity contribution in [2.45, 2.75) is 17.9 Å². The Balaban J connectivity index is 2.97. The van der Waals surface area contributed by atoms with Crippen molar-refractivity contribution in [2.75, 3.05) is 0 Å². The third kappa shape index (κ3) is 2.84. The van der Waals surface area contributed by atoms with Gasteiger partial charge in [0.25, 0.3) is 0 Å². The third-order valence-corrected chi connectivity index (χ3v) is 2.96. The molecule has 13 heavy (non-hydrogen) atoms. The van der Waals surface area contributed by atoms with Gasteiger partial charge in [0.15, 0.2) is 0 Å². The van der Waals surface area contributed by atoms with Crippen LogP contribution in [0.15, 0.2) is 18.2 Å². The topological polar surface area (TPSA) is 20.2 Å². The maximum absolute atomic E-state index is 9.66. The van der Waals surface area contributed by atoms with Crippen LogP contribution in [-0.4, -0.2) is 9.93 Å². The van der Waals surface area contributed by atoms with Gasteiger partial charge >= 0.3 is 0 Å². The highest BCUT2D eigenvalue weighted by molar-refractivity contribution is 9.09. The Morgan fingerprint density at radius 1 is 1.31 bits per heavy atom. The van der Waals surface area contributed by atoms with Crippen LogP contribution in [0.25, 0.3) is 0 Å². The SMILES string of the molecule is CC(Br)C(O)c1ccc(Cl)c(Cl)c1. The molecular formula is C9H9BrCl2O. The van der Waals surface area contributed by atoms with Crippen molar-refractivity contribution >= 4 is 39.1 Å². The normalized spacial score (nSPS) is 15.5. The molecule has 4 heteroatoms. The molecular weight excluding hydrogens is 275 g/mol. The lowest BCUT2D eigenvalue weighted by Gasteiger charge is -2.13. The first-order valence-corrected chi connectivity index (χ1v) is 5.46. The Labute approximate surface area is 95.8 Å². The van der Waals surface area contributed by atoms with E-state index in [2.05, 4.69) is 15.9 Å². The molecule has 2 unspecified atom stereocenters. The molecule has 0 radical (unpaired) electrons. The molecule has 1 nitrogen and oxygen atoms in total. The molecule has 0 heterocycles. The molecule has 2 atom stereocenters. The molecule has 1 aromatic rings. The lowest BCUT2D eigenvalue weighted by molar-refractivity contribution is 0.181. The van der Waals surface area contributed by atoms with Crippen LogP contribution in [0.2, 0.25) is 10.0 Å². The predicted molar refractivity (Wildman–Crippen MR) is 59.8 cm³/mol. The van der Waals surface area contributed by atoms with Gasteiger partial charge in [-0.3, -0.25) is 0 Å². The summed E-state index contributed by atoms with van der Waals surface area (Å²) in [4.78, 5) is -0.00950. The number of alkyl halides is 1. The van der Waals surface area contributed by atoms with Gasteiger partial charge in [0, 0.05) is 4.83 Å². The average molecular weight is 284 g/mol. The number of halogens is 3. The smallest absolute Gasteiger partial charge is 0.0912 e. The molecule has 0 saturated carbocycles. The Kier molecular flexibility index (Phi) is 4.05. The Bertz CT molecular complexity index is 302. The zero-order chi connectivity index (χ0) is 10.0. The second-order valence-corrected chi connectivity index (χ2v) is 5.05. The maximum atomic E-state index is 9.66. The highest BCUT2D eigenvalue weighted by Gasteiger charge is 2.14. The standard InChI is InChI=1S/C9H9BrCl2O/c1-5(10)9(13)6-2-3-7(11)8(12)4-6/h2-5,9,13H,1H3. The minimum atomic E-state index is -0.560. The van der Waals surface area contributed by atoms with E-state index in [9.17, 15) is 5.11 Å².